The Kier molecular flexibility index (Phi) is 6.40. The van der Waals surface area contributed by atoms with E-state index in [2.05, 4.69) is 5.32 Å². The van der Waals surface area contributed by atoms with Gasteiger partial charge in [0.2, 0.25) is 0 Å². The first-order chi connectivity index (χ1) is 13.5. The summed E-state index contributed by atoms with van der Waals surface area (Å²) in [6.07, 6.45) is 0.101. The van der Waals surface area contributed by atoms with Gasteiger partial charge in [-0.1, -0.05) is 60.7 Å². The van der Waals surface area contributed by atoms with Gasteiger partial charge in [0.05, 0.1) is 5.56 Å². The van der Waals surface area contributed by atoms with Crippen LogP contribution in [0.2, 0.25) is 0 Å². The number of aryl methyl sites for hydroxylation is 1. The zero-order chi connectivity index (χ0) is 19.9. The summed E-state index contributed by atoms with van der Waals surface area (Å²) in [6.45, 7) is 2.57. The van der Waals surface area contributed by atoms with Crippen LogP contribution in [0.25, 0.3) is 0 Å². The standard InChI is InChI=1S/C23H23NO4/c1-16-12-21(25)20(23(27)28-16)13-19(22(26)18-10-6-3-7-11-18)15-24-14-17-8-4-2-5-9-17/h2-12,19,24-25H,13-15H2,1H3. The fourth-order valence-electron chi connectivity index (χ4n) is 3.14. The van der Waals surface area contributed by atoms with Crippen LogP contribution in [0.1, 0.15) is 27.2 Å². The molecular weight excluding hydrogens is 354 g/mol. The number of ketones is 1. The van der Waals surface area contributed by atoms with Gasteiger partial charge >= 0.3 is 5.63 Å². The van der Waals surface area contributed by atoms with Crippen molar-refractivity contribution >= 4 is 5.78 Å². The molecule has 0 saturated carbocycles. The van der Waals surface area contributed by atoms with Gasteiger partial charge in [0.15, 0.2) is 5.78 Å². The molecule has 1 aromatic heterocycles. The second-order valence-electron chi connectivity index (χ2n) is 6.76. The summed E-state index contributed by atoms with van der Waals surface area (Å²) in [4.78, 5) is 25.2. The normalized spacial score (nSPS) is 11.9. The SMILES string of the molecule is Cc1cc(O)c(CC(CNCc2ccccc2)C(=O)c2ccccc2)c(=O)o1. The van der Waals surface area contributed by atoms with E-state index < -0.39 is 11.5 Å². The maximum absolute atomic E-state index is 13.0. The molecule has 1 unspecified atom stereocenters. The minimum absolute atomic E-state index is 0.0828. The summed E-state index contributed by atoms with van der Waals surface area (Å²) in [5.74, 6) is -0.398. The van der Waals surface area contributed by atoms with E-state index in [1.165, 1.54) is 6.07 Å². The second-order valence-corrected chi connectivity index (χ2v) is 6.76. The summed E-state index contributed by atoms with van der Waals surface area (Å²) in [5, 5.41) is 13.5. The Balaban J connectivity index is 1.80. The van der Waals surface area contributed by atoms with Gasteiger partial charge in [0.25, 0.3) is 0 Å². The van der Waals surface area contributed by atoms with Crippen molar-refractivity contribution in [3.8, 4) is 5.75 Å². The number of hydrogen-bond acceptors (Lipinski definition) is 5. The molecular formula is C23H23NO4. The van der Waals surface area contributed by atoms with Crippen molar-refractivity contribution in [2.24, 2.45) is 5.92 Å². The molecule has 1 heterocycles. The van der Waals surface area contributed by atoms with Gasteiger partial charge in [-0.3, -0.25) is 4.79 Å². The van der Waals surface area contributed by atoms with Crippen molar-refractivity contribution in [2.75, 3.05) is 6.54 Å². The lowest BCUT2D eigenvalue weighted by Crippen LogP contribution is -2.31. The van der Waals surface area contributed by atoms with Gasteiger partial charge in [-0.15, -0.1) is 0 Å². The molecule has 3 rings (SSSR count). The van der Waals surface area contributed by atoms with E-state index in [4.69, 9.17) is 4.42 Å². The molecule has 0 aliphatic rings. The number of carbonyl (C=O) groups excluding carboxylic acids is 1. The van der Waals surface area contributed by atoms with Crippen molar-refractivity contribution in [3.05, 3.63) is 99.6 Å². The summed E-state index contributed by atoms with van der Waals surface area (Å²) >= 11 is 0. The fraction of sp³-hybridized carbons (Fsp3) is 0.217. The highest BCUT2D eigenvalue weighted by Crippen LogP contribution is 2.20. The number of Topliss-reactive ketones (excluding diaryl/α,β-unsaturated/α-hetero) is 1. The Labute approximate surface area is 163 Å². The highest BCUT2D eigenvalue weighted by Gasteiger charge is 2.24. The van der Waals surface area contributed by atoms with Crippen LogP contribution >= 0.6 is 0 Å². The van der Waals surface area contributed by atoms with Crippen molar-refractivity contribution < 1.29 is 14.3 Å². The molecule has 0 aliphatic carbocycles. The molecule has 5 heteroatoms. The lowest BCUT2D eigenvalue weighted by molar-refractivity contribution is 0.0916. The van der Waals surface area contributed by atoms with Crippen molar-refractivity contribution in [1.29, 1.82) is 0 Å². The molecule has 0 amide bonds. The van der Waals surface area contributed by atoms with Crippen LogP contribution in [-0.2, 0) is 13.0 Å². The lowest BCUT2D eigenvalue weighted by Gasteiger charge is -2.17. The first kappa shape index (κ1) is 19.6. The largest absolute Gasteiger partial charge is 0.507 e. The molecule has 0 spiro atoms. The third-order valence-corrected chi connectivity index (χ3v) is 4.59. The van der Waals surface area contributed by atoms with Gasteiger partial charge in [-0.2, -0.15) is 0 Å². The summed E-state index contributed by atoms with van der Waals surface area (Å²) < 4.78 is 5.10. The Bertz CT molecular complexity index is 980. The van der Waals surface area contributed by atoms with E-state index in [9.17, 15) is 14.7 Å². The van der Waals surface area contributed by atoms with Crippen LogP contribution in [-0.4, -0.2) is 17.4 Å². The highest BCUT2D eigenvalue weighted by molar-refractivity contribution is 5.98. The number of benzene rings is 2. The second kappa shape index (κ2) is 9.15. The average molecular weight is 377 g/mol. The Morgan fingerprint density at radius 1 is 1.07 bits per heavy atom. The van der Waals surface area contributed by atoms with Crippen molar-refractivity contribution in [1.82, 2.24) is 5.32 Å². The first-order valence-corrected chi connectivity index (χ1v) is 9.21. The summed E-state index contributed by atoms with van der Waals surface area (Å²) in [7, 11) is 0. The van der Waals surface area contributed by atoms with E-state index in [-0.39, 0.29) is 23.5 Å². The Morgan fingerprint density at radius 3 is 2.36 bits per heavy atom. The maximum Gasteiger partial charge on any atom is 0.342 e. The minimum Gasteiger partial charge on any atom is -0.507 e. The van der Waals surface area contributed by atoms with E-state index in [1.807, 2.05) is 36.4 Å². The van der Waals surface area contributed by atoms with Crippen LogP contribution in [0, 0.1) is 12.8 Å². The summed E-state index contributed by atoms with van der Waals surface area (Å²) in [5.41, 5.74) is 1.20. The van der Waals surface area contributed by atoms with Crippen LogP contribution in [0.5, 0.6) is 5.75 Å². The van der Waals surface area contributed by atoms with Gasteiger partial charge < -0.3 is 14.8 Å². The molecule has 2 N–H and O–H groups in total. The van der Waals surface area contributed by atoms with Gasteiger partial charge in [0, 0.05) is 30.6 Å². The quantitative estimate of drug-likeness (QED) is 0.588. The predicted octanol–water partition coefficient (Wildman–Crippen LogP) is 3.49. The molecule has 5 nitrogen and oxygen atoms in total. The first-order valence-electron chi connectivity index (χ1n) is 9.21. The van der Waals surface area contributed by atoms with Gasteiger partial charge in [-0.25, -0.2) is 4.79 Å². The third kappa shape index (κ3) is 4.96. The number of aromatic hydroxyl groups is 1. The molecule has 0 radical (unpaired) electrons. The van der Waals surface area contributed by atoms with Gasteiger partial charge in [0.1, 0.15) is 11.5 Å². The van der Waals surface area contributed by atoms with Crippen molar-refractivity contribution in [2.45, 2.75) is 19.9 Å². The third-order valence-electron chi connectivity index (χ3n) is 4.59. The average Bonchev–Trinajstić information content (AvgIpc) is 2.70. The lowest BCUT2D eigenvalue weighted by atomic mass is 9.91. The monoisotopic (exact) mass is 377 g/mol. The number of nitrogens with one attached hydrogen (secondary N) is 1. The molecule has 2 aromatic carbocycles. The number of rotatable bonds is 8. The van der Waals surface area contributed by atoms with E-state index >= 15 is 0 Å². The number of hydrogen-bond donors (Lipinski definition) is 2. The van der Waals surface area contributed by atoms with Crippen molar-refractivity contribution in [3.63, 3.8) is 0 Å². The van der Waals surface area contributed by atoms with E-state index in [0.29, 0.717) is 24.4 Å². The maximum atomic E-state index is 13.0. The molecule has 0 fully saturated rings. The molecule has 1 atom stereocenters. The van der Waals surface area contributed by atoms with E-state index in [0.717, 1.165) is 5.56 Å². The van der Waals surface area contributed by atoms with Crippen LogP contribution < -0.4 is 10.9 Å². The topological polar surface area (TPSA) is 79.5 Å². The molecule has 0 aliphatic heterocycles. The smallest absolute Gasteiger partial charge is 0.342 e. The van der Waals surface area contributed by atoms with Crippen LogP contribution in [0.3, 0.4) is 0 Å². The van der Waals surface area contributed by atoms with Gasteiger partial charge in [-0.05, 0) is 18.9 Å². The van der Waals surface area contributed by atoms with E-state index in [1.54, 1.807) is 31.2 Å². The zero-order valence-electron chi connectivity index (χ0n) is 15.7. The Hall–Kier alpha value is -3.18. The van der Waals surface area contributed by atoms with Crippen LogP contribution in [0.15, 0.2) is 75.9 Å². The number of carbonyl (C=O) groups is 1. The zero-order valence-corrected chi connectivity index (χ0v) is 15.7. The highest BCUT2D eigenvalue weighted by atomic mass is 16.4. The molecule has 3 aromatic rings. The Morgan fingerprint density at radius 2 is 1.71 bits per heavy atom. The molecule has 144 valence electrons. The molecule has 28 heavy (non-hydrogen) atoms. The fourth-order valence-corrected chi connectivity index (χ4v) is 3.14. The molecule has 0 bridgehead atoms. The molecule has 0 saturated heterocycles. The van der Waals surface area contributed by atoms with Crippen LogP contribution in [0.4, 0.5) is 0 Å². The minimum atomic E-state index is -0.605. The summed E-state index contributed by atoms with van der Waals surface area (Å²) in [6, 6.07) is 20.2. The predicted molar refractivity (Wildman–Crippen MR) is 107 cm³/mol.